The van der Waals surface area contributed by atoms with E-state index in [0.29, 0.717) is 23.3 Å². The molecule has 212 valence electrons. The van der Waals surface area contributed by atoms with E-state index in [1.54, 1.807) is 6.07 Å². The molecule has 0 saturated carbocycles. The predicted molar refractivity (Wildman–Crippen MR) is 169 cm³/mol. The van der Waals surface area contributed by atoms with Crippen LogP contribution in [-0.2, 0) is 6.54 Å². The van der Waals surface area contributed by atoms with E-state index in [9.17, 15) is 4.79 Å². The zero-order valence-electron chi connectivity index (χ0n) is 22.1. The molecule has 0 atom stereocenters. The number of halogens is 3. The van der Waals surface area contributed by atoms with Gasteiger partial charge in [-0.25, -0.2) is 0 Å². The van der Waals surface area contributed by atoms with Gasteiger partial charge in [0.05, 0.1) is 12.5 Å². The third-order valence-electron chi connectivity index (χ3n) is 6.25. The third-order valence-corrected chi connectivity index (χ3v) is 6.25. The molecule has 0 aliphatic carbocycles. The molecule has 9 heteroatoms. The highest BCUT2D eigenvalue weighted by Crippen LogP contribution is 2.33. The van der Waals surface area contributed by atoms with Gasteiger partial charge in [-0.3, -0.25) is 4.79 Å². The molecule has 0 unspecified atom stereocenters. The van der Waals surface area contributed by atoms with Gasteiger partial charge in [-0.05, 0) is 62.6 Å². The quantitative estimate of drug-likeness (QED) is 0.160. The fraction of sp³-hybridized carbons (Fsp3) is 0.300. The molecule has 0 bridgehead atoms. The van der Waals surface area contributed by atoms with Crippen LogP contribution in [0.2, 0.25) is 0 Å². The van der Waals surface area contributed by atoms with E-state index < -0.39 is 0 Å². The molecular weight excluding hydrogens is 557 g/mol. The third kappa shape index (κ3) is 8.97. The van der Waals surface area contributed by atoms with Crippen LogP contribution in [0.15, 0.2) is 82.0 Å². The Morgan fingerprint density at radius 3 is 2.08 bits per heavy atom. The maximum Gasteiger partial charge on any atom is 0.235 e. The van der Waals surface area contributed by atoms with E-state index in [1.807, 2.05) is 54.6 Å². The molecule has 1 aromatic heterocycles. The Labute approximate surface area is 248 Å². The lowest BCUT2D eigenvalue weighted by molar-refractivity contribution is 0.398. The fourth-order valence-electron chi connectivity index (χ4n) is 4.30. The number of methoxy groups -OCH3 is 1. The van der Waals surface area contributed by atoms with Crippen molar-refractivity contribution in [2.45, 2.75) is 25.8 Å². The number of nitrogens with one attached hydrogen (secondary N) is 2. The maximum atomic E-state index is 13.3. The maximum absolute atomic E-state index is 13.3. The van der Waals surface area contributed by atoms with Crippen molar-refractivity contribution in [1.29, 1.82) is 0 Å². The van der Waals surface area contributed by atoms with Gasteiger partial charge in [0.15, 0.2) is 5.76 Å². The molecule has 1 heterocycles. The number of nitrogens with two attached hydrogens (primary N) is 1. The zero-order valence-corrected chi connectivity index (χ0v) is 24.6. The SMILES string of the molecule is COc1c(-c2ccc(-c3ccccc3)cc2)oc2c(CNCCCNCCCCN)cccc2c1=O.Cl.Cl.Cl. The minimum absolute atomic E-state index is 0. The van der Waals surface area contributed by atoms with Crippen molar-refractivity contribution >= 4 is 48.2 Å². The summed E-state index contributed by atoms with van der Waals surface area (Å²) >= 11 is 0. The molecule has 0 spiro atoms. The van der Waals surface area contributed by atoms with Gasteiger partial charge in [-0.1, -0.05) is 66.7 Å². The molecule has 3 aromatic carbocycles. The second-order valence-electron chi connectivity index (χ2n) is 8.81. The highest BCUT2D eigenvalue weighted by molar-refractivity contribution is 5.86. The standard InChI is InChI=1S/C30H35N3O3.3ClH/c1-35-30-27(34)26-12-7-11-25(21-33-20-8-19-32-18-6-5-17-31)28(26)36-29(30)24-15-13-23(14-16-24)22-9-3-2-4-10-22;;;/h2-4,7,9-16,32-33H,5-6,8,17-21,31H2,1H3;3*1H. The van der Waals surface area contributed by atoms with E-state index in [1.165, 1.54) is 7.11 Å². The van der Waals surface area contributed by atoms with Gasteiger partial charge in [-0.15, -0.1) is 37.2 Å². The Bertz CT molecular complexity index is 1320. The van der Waals surface area contributed by atoms with Gasteiger partial charge in [0, 0.05) is 17.7 Å². The molecule has 6 nitrogen and oxygen atoms in total. The number of hydrogen-bond acceptors (Lipinski definition) is 6. The Morgan fingerprint density at radius 2 is 1.38 bits per heavy atom. The fourth-order valence-corrected chi connectivity index (χ4v) is 4.30. The van der Waals surface area contributed by atoms with Crippen LogP contribution < -0.4 is 26.5 Å². The molecular formula is C30H38Cl3N3O3. The first kappa shape index (κ1) is 34.4. The van der Waals surface area contributed by atoms with Crippen molar-refractivity contribution < 1.29 is 9.15 Å². The first-order valence-corrected chi connectivity index (χ1v) is 12.6. The zero-order chi connectivity index (χ0) is 25.2. The van der Waals surface area contributed by atoms with Gasteiger partial charge in [0.25, 0.3) is 0 Å². The number of fused-ring (bicyclic) bond motifs is 1. The number of unbranched alkanes of at least 4 members (excludes halogenated alkanes) is 1. The Balaban J connectivity index is 0.00000253. The van der Waals surface area contributed by atoms with Crippen LogP contribution in [0.3, 0.4) is 0 Å². The summed E-state index contributed by atoms with van der Waals surface area (Å²) in [6.45, 7) is 4.20. The topological polar surface area (TPSA) is 89.5 Å². The smallest absolute Gasteiger partial charge is 0.235 e. The van der Waals surface area contributed by atoms with Crippen molar-refractivity contribution in [2.24, 2.45) is 5.73 Å². The highest BCUT2D eigenvalue weighted by atomic mass is 35.5. The summed E-state index contributed by atoms with van der Waals surface area (Å²) in [6, 6.07) is 23.9. The van der Waals surface area contributed by atoms with Gasteiger partial charge in [0.2, 0.25) is 11.2 Å². The molecule has 4 rings (SSSR count). The lowest BCUT2D eigenvalue weighted by atomic mass is 10.0. The molecule has 0 radical (unpaired) electrons. The normalized spacial score (nSPS) is 10.3. The first-order chi connectivity index (χ1) is 17.7. The van der Waals surface area contributed by atoms with E-state index in [-0.39, 0.29) is 48.4 Å². The second-order valence-corrected chi connectivity index (χ2v) is 8.81. The van der Waals surface area contributed by atoms with Crippen molar-refractivity contribution in [3.63, 3.8) is 0 Å². The van der Waals surface area contributed by atoms with Crippen LogP contribution in [0.25, 0.3) is 33.4 Å². The van der Waals surface area contributed by atoms with Gasteiger partial charge < -0.3 is 25.5 Å². The average molecular weight is 595 g/mol. The summed E-state index contributed by atoms with van der Waals surface area (Å²) in [6.07, 6.45) is 3.19. The van der Waals surface area contributed by atoms with Crippen LogP contribution in [0.1, 0.15) is 24.8 Å². The van der Waals surface area contributed by atoms with Crippen LogP contribution in [0.5, 0.6) is 5.75 Å². The Hall–Kier alpha value is -2.58. The predicted octanol–water partition coefficient (Wildman–Crippen LogP) is 6.21. The van der Waals surface area contributed by atoms with Crippen LogP contribution in [-0.4, -0.2) is 33.3 Å². The number of hydrogen-bond donors (Lipinski definition) is 3. The molecule has 4 N–H and O–H groups in total. The van der Waals surface area contributed by atoms with Crippen LogP contribution in [0.4, 0.5) is 0 Å². The highest BCUT2D eigenvalue weighted by Gasteiger charge is 2.18. The largest absolute Gasteiger partial charge is 0.490 e. The summed E-state index contributed by atoms with van der Waals surface area (Å²) < 4.78 is 11.9. The molecule has 0 aliphatic heterocycles. The number of rotatable bonds is 13. The van der Waals surface area contributed by atoms with Crippen molar-refractivity contribution in [3.05, 3.63) is 88.6 Å². The summed E-state index contributed by atoms with van der Waals surface area (Å²) in [7, 11) is 1.51. The van der Waals surface area contributed by atoms with E-state index in [0.717, 1.165) is 67.7 Å². The summed E-state index contributed by atoms with van der Waals surface area (Å²) in [5, 5.41) is 7.44. The lowest BCUT2D eigenvalue weighted by Gasteiger charge is -2.13. The summed E-state index contributed by atoms with van der Waals surface area (Å²) in [4.78, 5) is 13.3. The molecule has 0 saturated heterocycles. The molecule has 0 aliphatic rings. The lowest BCUT2D eigenvalue weighted by Crippen LogP contribution is -2.23. The van der Waals surface area contributed by atoms with Crippen molar-refractivity contribution in [1.82, 2.24) is 10.6 Å². The Morgan fingerprint density at radius 1 is 0.744 bits per heavy atom. The minimum Gasteiger partial charge on any atom is -0.490 e. The van der Waals surface area contributed by atoms with E-state index in [4.69, 9.17) is 14.9 Å². The van der Waals surface area contributed by atoms with Gasteiger partial charge in [-0.2, -0.15) is 0 Å². The first-order valence-electron chi connectivity index (χ1n) is 12.6. The molecule has 0 amide bonds. The summed E-state index contributed by atoms with van der Waals surface area (Å²) in [5.41, 5.74) is 9.94. The minimum atomic E-state index is -0.163. The van der Waals surface area contributed by atoms with E-state index >= 15 is 0 Å². The summed E-state index contributed by atoms with van der Waals surface area (Å²) in [5.74, 6) is 0.671. The monoisotopic (exact) mass is 593 g/mol. The van der Waals surface area contributed by atoms with Gasteiger partial charge in [0.1, 0.15) is 5.58 Å². The van der Waals surface area contributed by atoms with Crippen molar-refractivity contribution in [2.75, 3.05) is 33.3 Å². The van der Waals surface area contributed by atoms with Crippen molar-refractivity contribution in [3.8, 4) is 28.2 Å². The molecule has 0 fully saturated rings. The average Bonchev–Trinajstić information content (AvgIpc) is 2.93. The molecule has 39 heavy (non-hydrogen) atoms. The number of ether oxygens (including phenoxy) is 1. The van der Waals surface area contributed by atoms with E-state index in [2.05, 4.69) is 22.8 Å². The number of benzene rings is 3. The van der Waals surface area contributed by atoms with Crippen LogP contribution in [0, 0.1) is 0 Å². The second kappa shape index (κ2) is 17.9. The van der Waals surface area contributed by atoms with Gasteiger partial charge >= 0.3 is 0 Å². The Kier molecular flexibility index (Phi) is 15.8. The number of para-hydroxylation sites is 1. The molecule has 4 aromatic rings. The van der Waals surface area contributed by atoms with Crippen LogP contribution >= 0.6 is 37.2 Å².